The van der Waals surface area contributed by atoms with E-state index in [4.69, 9.17) is 9.47 Å². The molecule has 1 aliphatic carbocycles. The van der Waals surface area contributed by atoms with Crippen LogP contribution in [0, 0.1) is 0 Å². The quantitative estimate of drug-likeness (QED) is 0.752. The van der Waals surface area contributed by atoms with E-state index in [2.05, 4.69) is 4.72 Å². The summed E-state index contributed by atoms with van der Waals surface area (Å²) >= 11 is 0. The Morgan fingerprint density at radius 1 is 1.15 bits per heavy atom. The minimum atomic E-state index is -3.76. The van der Waals surface area contributed by atoms with Gasteiger partial charge in [0.25, 0.3) is 0 Å². The third-order valence-corrected chi connectivity index (χ3v) is 5.68. The lowest BCUT2D eigenvalue weighted by atomic mass is 10.1. The summed E-state index contributed by atoms with van der Waals surface area (Å²) in [5, 5.41) is 0. The summed E-state index contributed by atoms with van der Waals surface area (Å²) in [5.74, 6) is -0.405. The normalized spacial score (nSPS) is 15.3. The third kappa shape index (κ3) is 4.23. The average Bonchev–Trinajstić information content (AvgIpc) is 3.45. The number of carbonyl (C=O) groups excluding carboxylic acids is 1. The Morgan fingerprint density at radius 2 is 1.85 bits per heavy atom. The van der Waals surface area contributed by atoms with E-state index in [9.17, 15) is 13.2 Å². The number of methoxy groups -OCH3 is 1. The molecule has 138 valence electrons. The van der Waals surface area contributed by atoms with Crippen LogP contribution in [0.2, 0.25) is 0 Å². The van der Waals surface area contributed by atoms with Crippen LogP contribution in [-0.2, 0) is 14.8 Å². The van der Waals surface area contributed by atoms with Gasteiger partial charge in [0.2, 0.25) is 10.0 Å². The first-order valence-corrected chi connectivity index (χ1v) is 9.85. The third-order valence-electron chi connectivity index (χ3n) is 4.14. The Kier molecular flexibility index (Phi) is 5.29. The fourth-order valence-corrected chi connectivity index (χ4v) is 4.02. The lowest BCUT2D eigenvalue weighted by molar-refractivity contribution is 0.0337. The fraction of sp³-hybridized carbons (Fsp3) is 0.316. The number of rotatable bonds is 7. The maximum Gasteiger partial charge on any atom is 0.338 e. The molecule has 1 saturated carbocycles. The van der Waals surface area contributed by atoms with Gasteiger partial charge in [-0.2, -0.15) is 0 Å². The van der Waals surface area contributed by atoms with Crippen LogP contribution in [-0.4, -0.2) is 27.5 Å². The molecular weight excluding hydrogens is 354 g/mol. The minimum absolute atomic E-state index is 0.0431. The van der Waals surface area contributed by atoms with Crippen molar-refractivity contribution < 1.29 is 22.7 Å². The number of carbonyl (C=O) groups is 1. The van der Waals surface area contributed by atoms with Crippen molar-refractivity contribution in [2.24, 2.45) is 0 Å². The van der Waals surface area contributed by atoms with Gasteiger partial charge in [-0.3, -0.25) is 0 Å². The molecule has 1 fully saturated rings. The van der Waals surface area contributed by atoms with Crippen LogP contribution in [0.3, 0.4) is 0 Å². The molecule has 1 aliphatic rings. The maximum absolute atomic E-state index is 12.5. The van der Waals surface area contributed by atoms with Gasteiger partial charge in [-0.15, -0.1) is 0 Å². The van der Waals surface area contributed by atoms with Crippen molar-refractivity contribution in [3.8, 4) is 5.75 Å². The van der Waals surface area contributed by atoms with Crippen molar-refractivity contribution >= 4 is 16.0 Å². The molecule has 0 aliphatic heterocycles. The highest BCUT2D eigenvalue weighted by Gasteiger charge is 2.30. The zero-order valence-electron chi connectivity index (χ0n) is 14.6. The van der Waals surface area contributed by atoms with Gasteiger partial charge < -0.3 is 9.47 Å². The SMILES string of the molecule is COc1ccc(C(=O)O[C@@H](C)c2ccccc2)cc1S(=O)(=O)NC1CC1. The molecule has 1 atom stereocenters. The summed E-state index contributed by atoms with van der Waals surface area (Å²) in [5.41, 5.74) is 1.02. The van der Waals surface area contributed by atoms with E-state index < -0.39 is 22.1 Å². The number of hydrogen-bond acceptors (Lipinski definition) is 5. The Hall–Kier alpha value is -2.38. The van der Waals surface area contributed by atoms with Crippen LogP contribution in [0.15, 0.2) is 53.4 Å². The second-order valence-corrected chi connectivity index (χ2v) is 7.90. The van der Waals surface area contributed by atoms with Crippen molar-refractivity contribution in [2.45, 2.75) is 36.8 Å². The van der Waals surface area contributed by atoms with E-state index in [0.29, 0.717) is 0 Å². The first-order chi connectivity index (χ1) is 12.4. The van der Waals surface area contributed by atoms with Crippen LogP contribution < -0.4 is 9.46 Å². The van der Waals surface area contributed by atoms with E-state index in [1.807, 2.05) is 30.3 Å². The zero-order chi connectivity index (χ0) is 18.7. The van der Waals surface area contributed by atoms with Crippen LogP contribution in [0.5, 0.6) is 5.75 Å². The highest BCUT2D eigenvalue weighted by atomic mass is 32.2. The summed E-state index contributed by atoms with van der Waals surface area (Å²) in [4.78, 5) is 12.4. The van der Waals surface area contributed by atoms with Crippen LogP contribution in [0.4, 0.5) is 0 Å². The predicted molar refractivity (Wildman–Crippen MR) is 96.6 cm³/mol. The predicted octanol–water partition coefficient (Wildman–Crippen LogP) is 3.05. The molecule has 0 radical (unpaired) electrons. The van der Waals surface area contributed by atoms with Crippen molar-refractivity contribution in [3.63, 3.8) is 0 Å². The minimum Gasteiger partial charge on any atom is -0.495 e. The van der Waals surface area contributed by atoms with Crippen molar-refractivity contribution in [1.82, 2.24) is 4.72 Å². The number of ether oxygens (including phenoxy) is 2. The van der Waals surface area contributed by atoms with Gasteiger partial charge >= 0.3 is 5.97 Å². The van der Waals surface area contributed by atoms with Gasteiger partial charge in [0.15, 0.2) is 0 Å². The zero-order valence-corrected chi connectivity index (χ0v) is 15.5. The van der Waals surface area contributed by atoms with E-state index in [1.165, 1.54) is 25.3 Å². The van der Waals surface area contributed by atoms with Gasteiger partial charge in [0.1, 0.15) is 16.7 Å². The highest BCUT2D eigenvalue weighted by molar-refractivity contribution is 7.89. The van der Waals surface area contributed by atoms with E-state index in [1.54, 1.807) is 6.92 Å². The number of sulfonamides is 1. The summed E-state index contributed by atoms with van der Waals surface area (Å²) in [6, 6.07) is 13.5. The molecule has 2 aromatic carbocycles. The summed E-state index contributed by atoms with van der Waals surface area (Å²) in [6.07, 6.45) is 1.19. The monoisotopic (exact) mass is 375 g/mol. The second kappa shape index (κ2) is 7.47. The fourth-order valence-electron chi connectivity index (χ4n) is 2.52. The largest absolute Gasteiger partial charge is 0.495 e. The summed E-state index contributed by atoms with van der Waals surface area (Å²) < 4.78 is 38.3. The van der Waals surface area contributed by atoms with Crippen molar-refractivity contribution in [3.05, 3.63) is 59.7 Å². The topological polar surface area (TPSA) is 81.7 Å². The molecule has 0 spiro atoms. The summed E-state index contributed by atoms with van der Waals surface area (Å²) in [7, 11) is -2.37. The average molecular weight is 375 g/mol. The Labute approximate surface area is 153 Å². The Morgan fingerprint density at radius 3 is 2.46 bits per heavy atom. The molecule has 7 heteroatoms. The lowest BCUT2D eigenvalue weighted by Crippen LogP contribution is -2.26. The molecule has 26 heavy (non-hydrogen) atoms. The van der Waals surface area contributed by atoms with Gasteiger partial charge in [-0.05, 0) is 43.5 Å². The number of hydrogen-bond donors (Lipinski definition) is 1. The van der Waals surface area contributed by atoms with Crippen LogP contribution >= 0.6 is 0 Å². The molecular formula is C19H21NO5S. The smallest absolute Gasteiger partial charge is 0.338 e. The second-order valence-electron chi connectivity index (χ2n) is 6.22. The van der Waals surface area contributed by atoms with Gasteiger partial charge in [0, 0.05) is 6.04 Å². The van der Waals surface area contributed by atoms with Gasteiger partial charge in [-0.1, -0.05) is 30.3 Å². The molecule has 3 rings (SSSR count). The molecule has 0 bridgehead atoms. The van der Waals surface area contributed by atoms with Crippen LogP contribution in [0.25, 0.3) is 0 Å². The Balaban J connectivity index is 1.83. The summed E-state index contributed by atoms with van der Waals surface area (Å²) in [6.45, 7) is 1.77. The maximum atomic E-state index is 12.5. The highest BCUT2D eigenvalue weighted by Crippen LogP contribution is 2.29. The van der Waals surface area contributed by atoms with E-state index in [-0.39, 0.29) is 22.3 Å². The molecule has 0 saturated heterocycles. The Bertz CT molecular complexity index is 891. The number of esters is 1. The van der Waals surface area contributed by atoms with E-state index >= 15 is 0 Å². The molecule has 1 N–H and O–H groups in total. The molecule has 0 aromatic heterocycles. The molecule has 0 unspecified atom stereocenters. The van der Waals surface area contributed by atoms with Crippen molar-refractivity contribution in [1.29, 1.82) is 0 Å². The first kappa shape index (κ1) is 18.4. The van der Waals surface area contributed by atoms with Gasteiger partial charge in [0.05, 0.1) is 12.7 Å². The lowest BCUT2D eigenvalue weighted by Gasteiger charge is -2.15. The molecule has 2 aromatic rings. The number of benzene rings is 2. The van der Waals surface area contributed by atoms with E-state index in [0.717, 1.165) is 18.4 Å². The first-order valence-electron chi connectivity index (χ1n) is 8.37. The van der Waals surface area contributed by atoms with Crippen molar-refractivity contribution in [2.75, 3.05) is 7.11 Å². The number of nitrogens with one attached hydrogen (secondary N) is 1. The molecule has 0 heterocycles. The van der Waals surface area contributed by atoms with Gasteiger partial charge in [-0.25, -0.2) is 17.9 Å². The van der Waals surface area contributed by atoms with Crippen LogP contribution in [0.1, 0.15) is 41.8 Å². The molecule has 6 nitrogen and oxygen atoms in total. The molecule has 0 amide bonds. The standard InChI is InChI=1S/C19H21NO5S/c1-13(14-6-4-3-5-7-14)25-19(21)15-8-11-17(24-2)18(12-15)26(22,23)20-16-9-10-16/h3-8,11-13,16,20H,9-10H2,1-2H3/t13-/m0/s1.